The number of carbonyl (C=O) groups is 1. The Hall–Kier alpha value is -5.30. The number of hydrogen-bond donors (Lipinski definition) is 2. The molecule has 0 spiro atoms. The number of nitrogens with one attached hydrogen (secondary N) is 1. The SMILES string of the molecule is N#Cc1cncc(COc2cc(OC3CCc4c(-c5ccccc5F)cccc43)c(Cl)cc2CNC(Cc2cccnc2)C(=O)O)c1. The lowest BCUT2D eigenvalue weighted by atomic mass is 9.96. The van der Waals surface area contributed by atoms with E-state index in [2.05, 4.69) is 21.4 Å². The van der Waals surface area contributed by atoms with Crippen molar-refractivity contribution in [2.24, 2.45) is 0 Å². The van der Waals surface area contributed by atoms with Gasteiger partial charge in [-0.3, -0.25) is 20.1 Å². The van der Waals surface area contributed by atoms with Gasteiger partial charge in [0.15, 0.2) is 0 Å². The lowest BCUT2D eigenvalue weighted by Gasteiger charge is -2.21. The molecule has 0 saturated carbocycles. The number of pyridine rings is 2. The van der Waals surface area contributed by atoms with Crippen LogP contribution in [-0.2, 0) is 30.8 Å². The van der Waals surface area contributed by atoms with Crippen molar-refractivity contribution in [2.45, 2.75) is 44.6 Å². The molecule has 1 aliphatic carbocycles. The maximum Gasteiger partial charge on any atom is 0.321 e. The Balaban J connectivity index is 1.27. The number of fused-ring (bicyclic) bond motifs is 1. The fourth-order valence-electron chi connectivity index (χ4n) is 5.79. The highest BCUT2D eigenvalue weighted by Crippen LogP contribution is 2.43. The molecule has 2 aromatic heterocycles. The highest BCUT2D eigenvalue weighted by molar-refractivity contribution is 6.32. The molecular weight excluding hydrogens is 619 g/mol. The first-order chi connectivity index (χ1) is 22.9. The van der Waals surface area contributed by atoms with Crippen molar-refractivity contribution in [2.75, 3.05) is 0 Å². The third kappa shape index (κ3) is 7.41. The van der Waals surface area contributed by atoms with E-state index in [-0.39, 0.29) is 31.5 Å². The lowest BCUT2D eigenvalue weighted by Crippen LogP contribution is -2.38. The van der Waals surface area contributed by atoms with Crippen LogP contribution in [0.2, 0.25) is 5.02 Å². The Morgan fingerprint density at radius 2 is 1.85 bits per heavy atom. The van der Waals surface area contributed by atoms with Crippen LogP contribution in [0, 0.1) is 17.1 Å². The number of carboxylic acids is 1. The lowest BCUT2D eigenvalue weighted by molar-refractivity contribution is -0.139. The second kappa shape index (κ2) is 14.4. The number of benzene rings is 3. The van der Waals surface area contributed by atoms with E-state index in [0.717, 1.165) is 22.3 Å². The zero-order valence-corrected chi connectivity index (χ0v) is 26.0. The minimum absolute atomic E-state index is 0.104. The van der Waals surface area contributed by atoms with E-state index in [4.69, 9.17) is 21.1 Å². The summed E-state index contributed by atoms with van der Waals surface area (Å²) in [6.45, 7) is 0.244. The second-order valence-corrected chi connectivity index (χ2v) is 11.6. The number of ether oxygens (including phenoxy) is 2. The van der Waals surface area contributed by atoms with Gasteiger partial charge in [-0.1, -0.05) is 54.1 Å². The van der Waals surface area contributed by atoms with Crippen LogP contribution < -0.4 is 14.8 Å². The molecule has 1 aliphatic rings. The van der Waals surface area contributed by atoms with Gasteiger partial charge < -0.3 is 14.6 Å². The number of hydrogen-bond acceptors (Lipinski definition) is 7. The van der Waals surface area contributed by atoms with Crippen LogP contribution in [0.4, 0.5) is 4.39 Å². The van der Waals surface area contributed by atoms with E-state index in [1.807, 2.05) is 30.3 Å². The third-order valence-corrected chi connectivity index (χ3v) is 8.38. The molecule has 0 fully saturated rings. The maximum atomic E-state index is 14.7. The predicted octanol–water partition coefficient (Wildman–Crippen LogP) is 7.24. The number of aromatic nitrogens is 2. The Labute approximate surface area is 276 Å². The summed E-state index contributed by atoms with van der Waals surface area (Å²) in [4.78, 5) is 20.3. The molecule has 2 atom stereocenters. The van der Waals surface area contributed by atoms with Crippen molar-refractivity contribution < 1.29 is 23.8 Å². The molecule has 8 nitrogen and oxygen atoms in total. The molecule has 5 aromatic rings. The van der Waals surface area contributed by atoms with Crippen LogP contribution in [0.1, 0.15) is 45.9 Å². The van der Waals surface area contributed by atoms with Crippen molar-refractivity contribution >= 4 is 17.6 Å². The smallest absolute Gasteiger partial charge is 0.321 e. The van der Waals surface area contributed by atoms with Gasteiger partial charge in [0, 0.05) is 54.1 Å². The van der Waals surface area contributed by atoms with Crippen LogP contribution >= 0.6 is 11.6 Å². The largest absolute Gasteiger partial charge is 0.488 e. The van der Waals surface area contributed by atoms with Gasteiger partial charge in [0.05, 0.1) is 10.6 Å². The standard InChI is InChI=1S/C37H30ClFN4O4/c38-31-15-26(21-43-33(37(44)45)14-23-5-4-12-41-18-23)35(46-22-25-13-24(17-40)19-42-20-25)16-36(31)47-34-11-10-28-27(7-3-8-30(28)34)29-6-1-2-9-32(29)39/h1-9,12-13,15-16,18-20,33-34,43H,10-11,14,21-22H2,(H,44,45). The summed E-state index contributed by atoms with van der Waals surface area (Å²) >= 11 is 6.79. The minimum atomic E-state index is -1.00. The number of aliphatic carboxylic acids is 1. The van der Waals surface area contributed by atoms with E-state index in [9.17, 15) is 19.6 Å². The average molecular weight is 649 g/mol. The van der Waals surface area contributed by atoms with Gasteiger partial charge in [-0.15, -0.1) is 0 Å². The number of halogens is 2. The zero-order valence-electron chi connectivity index (χ0n) is 25.2. The van der Waals surface area contributed by atoms with Gasteiger partial charge in [-0.25, -0.2) is 4.39 Å². The Morgan fingerprint density at radius 1 is 1.02 bits per heavy atom. The fraction of sp³-hybridized carbons (Fsp3) is 0.189. The third-order valence-electron chi connectivity index (χ3n) is 8.08. The van der Waals surface area contributed by atoms with Gasteiger partial charge in [0.25, 0.3) is 0 Å². The Bertz CT molecular complexity index is 1950. The van der Waals surface area contributed by atoms with Crippen LogP contribution in [-0.4, -0.2) is 27.1 Å². The van der Waals surface area contributed by atoms with Crippen LogP contribution in [0.3, 0.4) is 0 Å². The summed E-state index contributed by atoms with van der Waals surface area (Å²) < 4.78 is 27.4. The van der Waals surface area contributed by atoms with E-state index in [0.29, 0.717) is 51.6 Å². The highest BCUT2D eigenvalue weighted by atomic mass is 35.5. The molecule has 3 aromatic carbocycles. The molecule has 0 saturated heterocycles. The molecule has 47 heavy (non-hydrogen) atoms. The molecule has 236 valence electrons. The minimum Gasteiger partial charge on any atom is -0.488 e. The van der Waals surface area contributed by atoms with Gasteiger partial charge >= 0.3 is 5.97 Å². The van der Waals surface area contributed by atoms with E-state index < -0.39 is 12.0 Å². The first-order valence-corrected chi connectivity index (χ1v) is 15.4. The number of rotatable bonds is 12. The predicted molar refractivity (Wildman–Crippen MR) is 174 cm³/mol. The quantitative estimate of drug-likeness (QED) is 0.145. The van der Waals surface area contributed by atoms with E-state index >= 15 is 0 Å². The van der Waals surface area contributed by atoms with Gasteiger partial charge in [0.1, 0.15) is 42.1 Å². The first-order valence-electron chi connectivity index (χ1n) is 15.1. The van der Waals surface area contributed by atoms with Crippen LogP contribution in [0.5, 0.6) is 11.5 Å². The average Bonchev–Trinajstić information content (AvgIpc) is 3.50. The number of nitrogens with zero attached hydrogens (tertiary/aromatic N) is 3. The molecule has 10 heteroatoms. The van der Waals surface area contributed by atoms with Crippen molar-refractivity contribution in [1.29, 1.82) is 5.26 Å². The Morgan fingerprint density at radius 3 is 2.64 bits per heavy atom. The van der Waals surface area contributed by atoms with Crippen molar-refractivity contribution in [1.82, 2.24) is 15.3 Å². The Kier molecular flexibility index (Phi) is 9.72. The van der Waals surface area contributed by atoms with Gasteiger partial charge in [-0.2, -0.15) is 5.26 Å². The number of nitriles is 1. The fourth-order valence-corrected chi connectivity index (χ4v) is 6.02. The molecular formula is C37H30ClFN4O4. The molecule has 0 amide bonds. The first kappa shape index (κ1) is 31.7. The summed E-state index contributed by atoms with van der Waals surface area (Å²) in [5.74, 6) is -0.450. The van der Waals surface area contributed by atoms with E-state index in [1.54, 1.807) is 55.0 Å². The van der Waals surface area contributed by atoms with Crippen molar-refractivity contribution in [3.63, 3.8) is 0 Å². The molecule has 2 unspecified atom stereocenters. The molecule has 2 N–H and O–H groups in total. The molecule has 0 bridgehead atoms. The molecule has 0 aliphatic heterocycles. The molecule has 6 rings (SSSR count). The highest BCUT2D eigenvalue weighted by Gasteiger charge is 2.28. The normalized spacial score (nSPS) is 14.2. The van der Waals surface area contributed by atoms with Gasteiger partial charge in [-0.05, 0) is 65.8 Å². The van der Waals surface area contributed by atoms with Crippen LogP contribution in [0.25, 0.3) is 11.1 Å². The van der Waals surface area contributed by atoms with E-state index in [1.165, 1.54) is 12.3 Å². The summed E-state index contributed by atoms with van der Waals surface area (Å²) in [6.07, 6.45) is 7.66. The molecule has 0 radical (unpaired) electrons. The van der Waals surface area contributed by atoms with Crippen molar-refractivity contribution in [3.05, 3.63) is 142 Å². The monoisotopic (exact) mass is 648 g/mol. The second-order valence-electron chi connectivity index (χ2n) is 11.2. The number of carboxylic acid groups (broad SMARTS) is 1. The summed E-state index contributed by atoms with van der Waals surface area (Å²) in [6, 6.07) is 22.4. The van der Waals surface area contributed by atoms with Crippen molar-refractivity contribution in [3.8, 4) is 28.7 Å². The van der Waals surface area contributed by atoms with Crippen LogP contribution in [0.15, 0.2) is 97.6 Å². The zero-order chi connectivity index (χ0) is 32.8. The summed E-state index contributed by atoms with van der Waals surface area (Å²) in [5.41, 5.74) is 5.89. The topological polar surface area (TPSA) is 117 Å². The summed E-state index contributed by atoms with van der Waals surface area (Å²) in [7, 11) is 0. The summed E-state index contributed by atoms with van der Waals surface area (Å²) in [5, 5.41) is 22.6. The molecule has 2 heterocycles. The van der Waals surface area contributed by atoms with Gasteiger partial charge in [0.2, 0.25) is 0 Å². The maximum absolute atomic E-state index is 14.7.